The lowest BCUT2D eigenvalue weighted by molar-refractivity contribution is -0.140. The van der Waals surface area contributed by atoms with Gasteiger partial charge in [-0.3, -0.25) is 0 Å². The first kappa shape index (κ1) is 18.9. The van der Waals surface area contributed by atoms with Crippen molar-refractivity contribution in [1.82, 2.24) is 5.32 Å². The Bertz CT molecular complexity index is 1060. The molecule has 2 aromatic rings. The van der Waals surface area contributed by atoms with Crippen LogP contribution < -0.4 is 5.32 Å². The van der Waals surface area contributed by atoms with Crippen molar-refractivity contribution in [3.63, 3.8) is 0 Å². The predicted octanol–water partition coefficient (Wildman–Crippen LogP) is 2.80. The molecule has 1 atom stereocenters. The van der Waals surface area contributed by atoms with E-state index in [1.807, 2.05) is 24.3 Å². The highest BCUT2D eigenvalue weighted by Gasteiger charge is 2.32. The van der Waals surface area contributed by atoms with Crippen LogP contribution in [0, 0.1) is 5.92 Å². The van der Waals surface area contributed by atoms with Crippen LogP contribution in [0.15, 0.2) is 46.2 Å². The molecule has 1 aliphatic rings. The lowest BCUT2D eigenvalue weighted by Crippen LogP contribution is -2.44. The van der Waals surface area contributed by atoms with E-state index in [1.165, 1.54) is 12.1 Å². The van der Waals surface area contributed by atoms with Gasteiger partial charge in [0.15, 0.2) is 0 Å². The fourth-order valence-corrected chi connectivity index (χ4v) is 4.45. The van der Waals surface area contributed by atoms with E-state index in [-0.39, 0.29) is 15.7 Å². The number of carbonyl (C=O) groups is 2. The highest BCUT2D eigenvalue weighted by atomic mass is 32.2. The van der Waals surface area contributed by atoms with Crippen molar-refractivity contribution < 1.29 is 27.9 Å². The van der Waals surface area contributed by atoms with Gasteiger partial charge in [-0.1, -0.05) is 44.2 Å². The SMILES string of the molecule is CC(C)[C@H](NC(=O)OCC1=Cc2c(ccc3ccccc23)S1(=O)=O)C(=O)O. The van der Waals surface area contributed by atoms with Gasteiger partial charge in [0.1, 0.15) is 12.6 Å². The molecule has 0 unspecified atom stereocenters. The molecule has 0 aliphatic carbocycles. The third kappa shape index (κ3) is 3.52. The fraction of sp³-hybridized carbons (Fsp3) is 0.263. The van der Waals surface area contributed by atoms with Gasteiger partial charge in [0.2, 0.25) is 9.84 Å². The largest absolute Gasteiger partial charge is 0.480 e. The molecule has 0 saturated carbocycles. The standard InChI is InChI=1S/C19H19NO6S/c1-11(2)17(18(21)22)20-19(23)26-10-13-9-15-14-6-4-3-5-12(14)7-8-16(15)27(13,24)25/h3-9,11,17H,10H2,1-2H3,(H,20,23)(H,21,22)/t17-/m0/s1. The molecule has 3 rings (SSSR count). The number of amides is 1. The van der Waals surface area contributed by atoms with Gasteiger partial charge >= 0.3 is 12.1 Å². The van der Waals surface area contributed by atoms with Gasteiger partial charge in [-0.25, -0.2) is 18.0 Å². The van der Waals surface area contributed by atoms with Crippen molar-refractivity contribution in [1.29, 1.82) is 0 Å². The number of fused-ring (bicyclic) bond motifs is 3. The number of aliphatic carboxylic acids is 1. The Labute approximate surface area is 156 Å². The maximum Gasteiger partial charge on any atom is 0.408 e. The summed E-state index contributed by atoms with van der Waals surface area (Å²) >= 11 is 0. The zero-order valence-electron chi connectivity index (χ0n) is 14.8. The molecule has 8 heteroatoms. The highest BCUT2D eigenvalue weighted by molar-refractivity contribution is 7.95. The molecule has 0 aromatic heterocycles. The first-order valence-electron chi connectivity index (χ1n) is 8.35. The van der Waals surface area contributed by atoms with E-state index in [2.05, 4.69) is 5.32 Å². The summed E-state index contributed by atoms with van der Waals surface area (Å²) in [6, 6.07) is 9.55. The van der Waals surface area contributed by atoms with Crippen molar-refractivity contribution in [3.8, 4) is 0 Å². The topological polar surface area (TPSA) is 110 Å². The Morgan fingerprint density at radius 2 is 1.85 bits per heavy atom. The van der Waals surface area contributed by atoms with Crippen LogP contribution in [0.25, 0.3) is 16.8 Å². The quantitative estimate of drug-likeness (QED) is 0.814. The smallest absolute Gasteiger partial charge is 0.408 e. The maximum absolute atomic E-state index is 12.7. The number of rotatable bonds is 5. The van der Waals surface area contributed by atoms with Gasteiger partial charge in [0, 0.05) is 5.56 Å². The number of carbonyl (C=O) groups excluding carboxylic acids is 1. The molecule has 1 heterocycles. The van der Waals surface area contributed by atoms with Gasteiger partial charge in [-0.05, 0) is 28.8 Å². The number of benzene rings is 2. The van der Waals surface area contributed by atoms with Gasteiger partial charge in [-0.2, -0.15) is 0 Å². The number of hydrogen-bond donors (Lipinski definition) is 2. The van der Waals surface area contributed by atoms with E-state index >= 15 is 0 Å². The van der Waals surface area contributed by atoms with Gasteiger partial charge in [-0.15, -0.1) is 0 Å². The van der Waals surface area contributed by atoms with Crippen LogP contribution in [-0.2, 0) is 19.4 Å². The minimum absolute atomic E-state index is 0.0413. The van der Waals surface area contributed by atoms with Crippen LogP contribution >= 0.6 is 0 Å². The van der Waals surface area contributed by atoms with E-state index in [0.29, 0.717) is 5.56 Å². The molecule has 0 bridgehead atoms. The zero-order chi connectivity index (χ0) is 19.8. The van der Waals surface area contributed by atoms with E-state index in [1.54, 1.807) is 19.9 Å². The normalized spacial score (nSPS) is 15.9. The lowest BCUT2D eigenvalue weighted by atomic mass is 10.0. The van der Waals surface area contributed by atoms with Crippen molar-refractivity contribution in [2.75, 3.05) is 6.61 Å². The number of alkyl carbamates (subject to hydrolysis) is 1. The number of nitrogens with one attached hydrogen (secondary N) is 1. The van der Waals surface area contributed by atoms with E-state index in [0.717, 1.165) is 10.8 Å². The molecule has 0 fully saturated rings. The van der Waals surface area contributed by atoms with Crippen LogP contribution in [0.2, 0.25) is 0 Å². The third-order valence-electron chi connectivity index (χ3n) is 4.42. The Hall–Kier alpha value is -2.87. The highest BCUT2D eigenvalue weighted by Crippen LogP contribution is 2.37. The summed E-state index contributed by atoms with van der Waals surface area (Å²) in [5, 5.41) is 13.0. The van der Waals surface area contributed by atoms with Gasteiger partial charge in [0.05, 0.1) is 9.80 Å². The first-order valence-corrected chi connectivity index (χ1v) is 9.83. The van der Waals surface area contributed by atoms with Crippen LogP contribution in [0.1, 0.15) is 19.4 Å². The number of hydrogen-bond acceptors (Lipinski definition) is 5. The second-order valence-corrected chi connectivity index (χ2v) is 8.56. The summed E-state index contributed by atoms with van der Waals surface area (Å²) in [5.74, 6) is -1.53. The number of carboxylic acids is 1. The fourth-order valence-electron chi connectivity index (χ4n) is 2.98. The Morgan fingerprint density at radius 1 is 1.15 bits per heavy atom. The molecular formula is C19H19NO6S. The van der Waals surface area contributed by atoms with E-state index < -0.39 is 34.5 Å². The lowest BCUT2D eigenvalue weighted by Gasteiger charge is -2.17. The summed E-state index contributed by atoms with van der Waals surface area (Å²) in [6.07, 6.45) is 0.519. The van der Waals surface area contributed by atoms with Crippen molar-refractivity contribution >= 4 is 38.7 Å². The molecule has 27 heavy (non-hydrogen) atoms. The number of sulfone groups is 1. The molecule has 0 radical (unpaired) electrons. The summed E-state index contributed by atoms with van der Waals surface area (Å²) in [5.41, 5.74) is 0.567. The molecule has 1 amide bonds. The van der Waals surface area contributed by atoms with E-state index in [4.69, 9.17) is 9.84 Å². The van der Waals surface area contributed by atoms with Gasteiger partial charge in [0.25, 0.3) is 0 Å². The van der Waals surface area contributed by atoms with Crippen LogP contribution in [-0.4, -0.2) is 38.2 Å². The third-order valence-corrected chi connectivity index (χ3v) is 6.28. The Morgan fingerprint density at radius 3 is 2.52 bits per heavy atom. The van der Waals surface area contributed by atoms with Crippen LogP contribution in [0.4, 0.5) is 4.79 Å². The predicted molar refractivity (Wildman–Crippen MR) is 99.9 cm³/mol. The maximum atomic E-state index is 12.7. The number of carboxylic acid groups (broad SMARTS) is 1. The van der Waals surface area contributed by atoms with Crippen LogP contribution in [0.5, 0.6) is 0 Å². The molecule has 0 spiro atoms. The molecule has 2 N–H and O–H groups in total. The zero-order valence-corrected chi connectivity index (χ0v) is 15.6. The first-order chi connectivity index (χ1) is 12.7. The monoisotopic (exact) mass is 389 g/mol. The Kier molecular flexibility index (Phi) is 4.93. The molecular weight excluding hydrogens is 370 g/mol. The van der Waals surface area contributed by atoms with Gasteiger partial charge < -0.3 is 15.2 Å². The average molecular weight is 389 g/mol. The second kappa shape index (κ2) is 7.03. The Balaban J connectivity index is 1.80. The molecule has 1 aliphatic heterocycles. The summed E-state index contributed by atoms with van der Waals surface area (Å²) < 4.78 is 30.4. The van der Waals surface area contributed by atoms with Crippen molar-refractivity contribution in [2.24, 2.45) is 5.92 Å². The average Bonchev–Trinajstić information content (AvgIpc) is 2.88. The number of ether oxygens (including phenoxy) is 1. The molecule has 2 aromatic carbocycles. The summed E-state index contributed by atoms with van der Waals surface area (Å²) in [6.45, 7) is 2.82. The minimum Gasteiger partial charge on any atom is -0.480 e. The van der Waals surface area contributed by atoms with Crippen molar-refractivity contribution in [2.45, 2.75) is 24.8 Å². The second-order valence-electron chi connectivity index (χ2n) is 6.59. The van der Waals surface area contributed by atoms with E-state index in [9.17, 15) is 18.0 Å². The summed E-state index contributed by atoms with van der Waals surface area (Å²) in [7, 11) is -3.75. The van der Waals surface area contributed by atoms with Crippen LogP contribution in [0.3, 0.4) is 0 Å². The minimum atomic E-state index is -3.75. The van der Waals surface area contributed by atoms with Crippen molar-refractivity contribution in [3.05, 3.63) is 46.9 Å². The molecule has 7 nitrogen and oxygen atoms in total. The molecule has 0 saturated heterocycles. The molecule has 142 valence electrons. The summed E-state index contributed by atoms with van der Waals surface area (Å²) in [4.78, 5) is 23.2.